The molecule has 5 atom stereocenters. The summed E-state index contributed by atoms with van der Waals surface area (Å²) in [4.78, 5) is 28.3. The monoisotopic (exact) mass is 530 g/mol. The number of hydrogen-bond acceptors (Lipinski definition) is 6. The third-order valence-corrected chi connectivity index (χ3v) is 7.41. The smallest absolute Gasteiger partial charge is 0.326 e. The maximum atomic E-state index is 13.9. The van der Waals surface area contributed by atoms with E-state index in [1.165, 1.54) is 4.90 Å². The first-order valence-electron chi connectivity index (χ1n) is 12.5. The minimum absolute atomic E-state index is 0.0984. The summed E-state index contributed by atoms with van der Waals surface area (Å²) in [6.07, 6.45) is -0.853. The summed E-state index contributed by atoms with van der Waals surface area (Å²) in [6, 6.07) is 13.0. The van der Waals surface area contributed by atoms with E-state index in [-0.39, 0.29) is 25.2 Å². The Balaban J connectivity index is 1.80. The van der Waals surface area contributed by atoms with Crippen LogP contribution in [0.15, 0.2) is 48.5 Å². The van der Waals surface area contributed by atoms with Crippen molar-refractivity contribution in [2.75, 3.05) is 26.9 Å². The van der Waals surface area contributed by atoms with Crippen molar-refractivity contribution in [1.29, 1.82) is 0 Å². The molecule has 2 aliphatic rings. The molecule has 0 bridgehead atoms. The number of carbonyl (C=O) groups excluding carboxylic acids is 1. The van der Waals surface area contributed by atoms with E-state index < -0.39 is 35.5 Å². The Labute approximate surface area is 222 Å². The molecule has 2 aromatic rings. The van der Waals surface area contributed by atoms with Gasteiger partial charge < -0.3 is 29.5 Å². The van der Waals surface area contributed by atoms with E-state index in [0.717, 1.165) is 11.1 Å². The van der Waals surface area contributed by atoms with Crippen molar-refractivity contribution in [3.8, 4) is 5.75 Å². The van der Waals surface area contributed by atoms with Crippen molar-refractivity contribution in [3.63, 3.8) is 0 Å². The van der Waals surface area contributed by atoms with Crippen LogP contribution in [-0.2, 0) is 25.6 Å². The number of carboxylic acids is 1. The van der Waals surface area contributed by atoms with Crippen LogP contribution >= 0.6 is 11.6 Å². The van der Waals surface area contributed by atoms with Crippen LogP contribution in [0.4, 0.5) is 0 Å². The molecule has 2 aromatic carbocycles. The van der Waals surface area contributed by atoms with Crippen molar-refractivity contribution in [2.45, 2.75) is 51.5 Å². The number of halogens is 1. The molecule has 0 aromatic heterocycles. The summed E-state index contributed by atoms with van der Waals surface area (Å²) in [7, 11) is 1.60. The zero-order valence-electron chi connectivity index (χ0n) is 21.6. The average molecular weight is 531 g/mol. The molecular formula is C28H35ClN2O6. The number of nitrogens with zero attached hydrogens (tertiary/aromatic N) is 1. The topological polar surface area (TPSA) is 97.3 Å². The molecule has 2 saturated heterocycles. The van der Waals surface area contributed by atoms with Gasteiger partial charge in [0.15, 0.2) is 6.10 Å². The highest BCUT2D eigenvalue weighted by atomic mass is 35.5. The van der Waals surface area contributed by atoms with Gasteiger partial charge in [0.1, 0.15) is 11.8 Å². The van der Waals surface area contributed by atoms with E-state index in [1.54, 1.807) is 19.2 Å². The second-order valence-corrected chi connectivity index (χ2v) is 11.0. The predicted molar refractivity (Wildman–Crippen MR) is 140 cm³/mol. The zero-order valence-corrected chi connectivity index (χ0v) is 22.4. The first-order valence-corrected chi connectivity index (χ1v) is 12.9. The van der Waals surface area contributed by atoms with E-state index in [2.05, 4.69) is 5.32 Å². The molecule has 8 nitrogen and oxygen atoms in total. The van der Waals surface area contributed by atoms with Crippen LogP contribution in [0.1, 0.15) is 37.9 Å². The van der Waals surface area contributed by atoms with Gasteiger partial charge in [-0.2, -0.15) is 0 Å². The summed E-state index contributed by atoms with van der Waals surface area (Å²) >= 11 is 6.27. The summed E-state index contributed by atoms with van der Waals surface area (Å²) < 4.78 is 16.8. The van der Waals surface area contributed by atoms with E-state index in [1.807, 2.05) is 57.2 Å². The van der Waals surface area contributed by atoms with Gasteiger partial charge in [-0.05, 0) is 29.2 Å². The minimum atomic E-state index is -1.07. The number of aliphatic carboxylic acids is 1. The first kappa shape index (κ1) is 27.4. The van der Waals surface area contributed by atoms with Gasteiger partial charge in [0.2, 0.25) is 0 Å². The summed E-state index contributed by atoms with van der Waals surface area (Å²) in [5, 5.41) is 14.7. The standard InChI is InChI=1S/C28H35ClN2O6/c1-28(2,3)22-23(30-15-18-14-19(29)10-11-20(18)35-4)24(17-8-6-5-7-9-17)31(25(22)27(33)34)26(32)21-16-36-12-13-37-21/h5-11,14,21-25,30H,12-13,15-16H2,1-4H3,(H,33,34)/t21?,22-,23-,24-,25-/m1/s1. The number of methoxy groups -OCH3 is 1. The minimum Gasteiger partial charge on any atom is -0.496 e. The van der Waals surface area contributed by atoms with Crippen molar-refractivity contribution in [3.05, 3.63) is 64.7 Å². The predicted octanol–water partition coefficient (Wildman–Crippen LogP) is 3.92. The molecule has 1 unspecified atom stereocenters. The molecule has 2 aliphatic heterocycles. The van der Waals surface area contributed by atoms with Gasteiger partial charge >= 0.3 is 5.97 Å². The molecule has 0 radical (unpaired) electrons. The number of ether oxygens (including phenoxy) is 3. The number of likely N-dealkylation sites (tertiary alicyclic amines) is 1. The Morgan fingerprint density at radius 1 is 1.16 bits per heavy atom. The molecular weight excluding hydrogens is 496 g/mol. The Morgan fingerprint density at radius 2 is 1.89 bits per heavy atom. The maximum absolute atomic E-state index is 13.9. The second-order valence-electron chi connectivity index (χ2n) is 10.6. The molecule has 2 fully saturated rings. The van der Waals surface area contributed by atoms with Crippen molar-refractivity contribution in [2.24, 2.45) is 11.3 Å². The van der Waals surface area contributed by atoms with Gasteiger partial charge in [-0.25, -0.2) is 4.79 Å². The number of carboxylic acid groups (broad SMARTS) is 1. The van der Waals surface area contributed by atoms with Gasteiger partial charge in [-0.1, -0.05) is 62.7 Å². The quantitative estimate of drug-likeness (QED) is 0.560. The molecule has 2 N–H and O–H groups in total. The lowest BCUT2D eigenvalue weighted by Crippen LogP contribution is -2.52. The van der Waals surface area contributed by atoms with Crippen molar-refractivity contribution in [1.82, 2.24) is 10.2 Å². The Hall–Kier alpha value is -2.65. The van der Waals surface area contributed by atoms with Crippen LogP contribution in [0, 0.1) is 11.3 Å². The number of hydrogen-bond donors (Lipinski definition) is 2. The highest BCUT2D eigenvalue weighted by Crippen LogP contribution is 2.48. The van der Waals surface area contributed by atoms with Gasteiger partial charge in [-0.3, -0.25) is 4.79 Å². The van der Waals surface area contributed by atoms with E-state index >= 15 is 0 Å². The Kier molecular flexibility index (Phi) is 8.43. The third-order valence-electron chi connectivity index (χ3n) is 7.18. The van der Waals surface area contributed by atoms with Crippen molar-refractivity contribution >= 4 is 23.5 Å². The number of amides is 1. The van der Waals surface area contributed by atoms with Crippen molar-refractivity contribution < 1.29 is 28.9 Å². The van der Waals surface area contributed by atoms with E-state index in [0.29, 0.717) is 23.9 Å². The molecule has 4 rings (SSSR count). The molecule has 200 valence electrons. The fraction of sp³-hybridized carbons (Fsp3) is 0.500. The summed E-state index contributed by atoms with van der Waals surface area (Å²) in [5.74, 6) is -1.17. The van der Waals surface area contributed by atoms with Crippen LogP contribution in [0.5, 0.6) is 5.75 Å². The Morgan fingerprint density at radius 3 is 2.49 bits per heavy atom. The van der Waals surface area contributed by atoms with Crippen LogP contribution in [-0.4, -0.2) is 67.0 Å². The molecule has 37 heavy (non-hydrogen) atoms. The van der Waals surface area contributed by atoms with Gasteiger partial charge in [0.05, 0.1) is 33.0 Å². The number of rotatable bonds is 7. The van der Waals surface area contributed by atoms with E-state index in [4.69, 9.17) is 25.8 Å². The average Bonchev–Trinajstić information content (AvgIpc) is 3.24. The number of benzene rings is 2. The lowest BCUT2D eigenvalue weighted by atomic mass is 9.72. The van der Waals surface area contributed by atoms with Crippen LogP contribution in [0.3, 0.4) is 0 Å². The van der Waals surface area contributed by atoms with Gasteiger partial charge in [-0.15, -0.1) is 0 Å². The molecule has 0 aliphatic carbocycles. The molecule has 9 heteroatoms. The summed E-state index contributed by atoms with van der Waals surface area (Å²) in [5.41, 5.74) is 1.24. The maximum Gasteiger partial charge on any atom is 0.326 e. The lowest BCUT2D eigenvalue weighted by Gasteiger charge is -2.36. The van der Waals surface area contributed by atoms with E-state index in [9.17, 15) is 14.7 Å². The summed E-state index contributed by atoms with van der Waals surface area (Å²) in [6.45, 7) is 7.21. The van der Waals surface area contributed by atoms with Gasteiger partial charge in [0.25, 0.3) is 5.91 Å². The van der Waals surface area contributed by atoms with Crippen LogP contribution < -0.4 is 10.1 Å². The third kappa shape index (κ3) is 5.77. The largest absolute Gasteiger partial charge is 0.496 e. The molecule has 0 saturated carbocycles. The SMILES string of the molecule is COc1ccc(Cl)cc1CN[C@@H]1[C@@H](C(C)(C)C)[C@H](C(=O)O)N(C(=O)C2COCCO2)[C@@H]1c1ccccc1. The molecule has 1 amide bonds. The second kappa shape index (κ2) is 11.4. The fourth-order valence-corrected chi connectivity index (χ4v) is 5.83. The highest BCUT2D eigenvalue weighted by molar-refractivity contribution is 6.30. The van der Waals surface area contributed by atoms with Crippen LogP contribution in [0.2, 0.25) is 5.02 Å². The number of nitrogens with one attached hydrogen (secondary N) is 1. The zero-order chi connectivity index (χ0) is 26.7. The molecule has 2 heterocycles. The van der Waals surface area contributed by atoms with Gasteiger partial charge in [0, 0.05) is 29.1 Å². The number of carbonyl (C=O) groups is 2. The Bertz CT molecular complexity index is 1100. The normalized spacial score (nSPS) is 26.2. The fourth-order valence-electron chi connectivity index (χ4n) is 5.64. The highest BCUT2D eigenvalue weighted by Gasteiger charge is 2.58. The first-order chi connectivity index (χ1) is 17.6. The molecule has 0 spiro atoms. The van der Waals surface area contributed by atoms with Crippen LogP contribution in [0.25, 0.3) is 0 Å². The lowest BCUT2D eigenvalue weighted by molar-refractivity contribution is -0.167.